The average Bonchev–Trinajstić information content (AvgIpc) is 3.58. The van der Waals surface area contributed by atoms with E-state index in [2.05, 4.69) is 46.4 Å². The van der Waals surface area contributed by atoms with Crippen molar-refractivity contribution in [2.45, 2.75) is 45.1 Å². The van der Waals surface area contributed by atoms with Crippen LogP contribution in [0.4, 0.5) is 0 Å². The number of fused-ring (bicyclic) bond motifs is 1. The van der Waals surface area contributed by atoms with E-state index < -0.39 is 5.60 Å². The molecule has 4 aromatic rings. The number of allylic oxidation sites excluding steroid dienone is 3. The van der Waals surface area contributed by atoms with Crippen molar-refractivity contribution in [3.63, 3.8) is 0 Å². The molecule has 3 heterocycles. The second-order valence-corrected chi connectivity index (χ2v) is 9.02. The Labute approximate surface area is 193 Å². The lowest BCUT2D eigenvalue weighted by Gasteiger charge is -2.29. The molecule has 166 valence electrons. The smallest absolute Gasteiger partial charge is 0.162 e. The van der Waals surface area contributed by atoms with E-state index >= 15 is 0 Å². The van der Waals surface area contributed by atoms with Crippen molar-refractivity contribution in [1.82, 2.24) is 24.9 Å². The topological polar surface area (TPSA) is 87.6 Å². The van der Waals surface area contributed by atoms with Crippen LogP contribution in [-0.2, 0) is 5.60 Å². The number of hydrogen-bond acceptors (Lipinski definition) is 5. The number of aliphatic hydroxyl groups is 1. The lowest BCUT2D eigenvalue weighted by molar-refractivity contribution is 0.121. The lowest BCUT2D eigenvalue weighted by atomic mass is 9.81. The van der Waals surface area contributed by atoms with Crippen LogP contribution in [0, 0.1) is 0 Å². The van der Waals surface area contributed by atoms with Gasteiger partial charge in [0.2, 0.25) is 0 Å². The molecule has 3 aromatic heterocycles. The van der Waals surface area contributed by atoms with Gasteiger partial charge < -0.3 is 10.1 Å². The monoisotopic (exact) mass is 437 g/mol. The number of nitrogens with zero attached hydrogens (tertiary/aromatic N) is 4. The van der Waals surface area contributed by atoms with Crippen LogP contribution >= 0.6 is 0 Å². The summed E-state index contributed by atoms with van der Waals surface area (Å²) < 4.78 is 0. The third kappa shape index (κ3) is 3.66. The molecule has 1 aliphatic rings. The summed E-state index contributed by atoms with van der Waals surface area (Å²) in [5.74, 6) is 1.41. The van der Waals surface area contributed by atoms with Gasteiger partial charge in [-0.15, -0.1) is 0 Å². The van der Waals surface area contributed by atoms with E-state index in [1.807, 2.05) is 31.2 Å². The third-order valence-electron chi connectivity index (χ3n) is 6.19. The van der Waals surface area contributed by atoms with Gasteiger partial charge in [0.1, 0.15) is 12.2 Å². The van der Waals surface area contributed by atoms with Gasteiger partial charge in [0.05, 0.1) is 16.7 Å². The number of H-pyrrole nitrogens is 1. The Bertz CT molecular complexity index is 1320. The van der Waals surface area contributed by atoms with Crippen LogP contribution in [0.2, 0.25) is 0 Å². The van der Waals surface area contributed by atoms with Gasteiger partial charge in [-0.2, -0.15) is 0 Å². The molecule has 1 fully saturated rings. The maximum Gasteiger partial charge on any atom is 0.162 e. The molecular formula is C27H27N5O. The van der Waals surface area contributed by atoms with Crippen LogP contribution < -0.4 is 0 Å². The molecule has 1 aliphatic carbocycles. The number of pyridine rings is 1. The van der Waals surface area contributed by atoms with Crippen LogP contribution in [-0.4, -0.2) is 30.0 Å². The zero-order valence-electron chi connectivity index (χ0n) is 19.1. The number of aromatic nitrogens is 5. The summed E-state index contributed by atoms with van der Waals surface area (Å²) in [5, 5.41) is 12.4. The zero-order valence-corrected chi connectivity index (χ0v) is 19.1. The highest BCUT2D eigenvalue weighted by Crippen LogP contribution is 2.43. The molecule has 0 bridgehead atoms. The van der Waals surface area contributed by atoms with Crippen molar-refractivity contribution < 1.29 is 5.11 Å². The molecule has 0 amide bonds. The van der Waals surface area contributed by atoms with Gasteiger partial charge in [-0.1, -0.05) is 23.8 Å². The first kappa shape index (κ1) is 21.2. The van der Waals surface area contributed by atoms with Crippen molar-refractivity contribution in [1.29, 1.82) is 0 Å². The fourth-order valence-corrected chi connectivity index (χ4v) is 4.57. The zero-order chi connectivity index (χ0) is 23.2. The molecule has 5 rings (SSSR count). The summed E-state index contributed by atoms with van der Waals surface area (Å²) in [6, 6.07) is 9.64. The Morgan fingerprint density at radius 2 is 1.88 bits per heavy atom. The highest BCUT2D eigenvalue weighted by Gasteiger charge is 2.39. The van der Waals surface area contributed by atoms with Gasteiger partial charge in [0, 0.05) is 35.6 Å². The Hall–Kier alpha value is -3.64. The van der Waals surface area contributed by atoms with E-state index in [0.717, 1.165) is 52.0 Å². The predicted molar refractivity (Wildman–Crippen MR) is 130 cm³/mol. The van der Waals surface area contributed by atoms with E-state index in [9.17, 15) is 5.11 Å². The number of benzene rings is 1. The maximum atomic E-state index is 12.4. The number of nitrogens with one attached hydrogen (secondary N) is 1. The van der Waals surface area contributed by atoms with Crippen molar-refractivity contribution in [2.75, 3.05) is 0 Å². The predicted octanol–water partition coefficient (Wildman–Crippen LogP) is 5.28. The van der Waals surface area contributed by atoms with Gasteiger partial charge in [-0.3, -0.25) is 4.98 Å². The van der Waals surface area contributed by atoms with Crippen LogP contribution in [0.1, 0.15) is 67.7 Å². The lowest BCUT2D eigenvalue weighted by Crippen LogP contribution is -2.31. The molecule has 1 saturated carbocycles. The summed E-state index contributed by atoms with van der Waals surface area (Å²) in [5.41, 5.74) is 5.85. The molecule has 0 saturated heterocycles. The molecule has 1 atom stereocenters. The Morgan fingerprint density at radius 1 is 1.12 bits per heavy atom. The van der Waals surface area contributed by atoms with Crippen LogP contribution in [0.3, 0.4) is 0 Å². The molecule has 2 N–H and O–H groups in total. The number of aromatic amines is 1. The summed E-state index contributed by atoms with van der Waals surface area (Å²) in [7, 11) is 0. The summed E-state index contributed by atoms with van der Waals surface area (Å²) in [4.78, 5) is 21.4. The minimum atomic E-state index is -1.59. The van der Waals surface area contributed by atoms with Gasteiger partial charge in [0.25, 0.3) is 0 Å². The molecule has 0 aliphatic heterocycles. The van der Waals surface area contributed by atoms with E-state index in [1.165, 1.54) is 6.33 Å². The summed E-state index contributed by atoms with van der Waals surface area (Å²) in [6.45, 7) is 10.4. The molecule has 1 aromatic carbocycles. The van der Waals surface area contributed by atoms with Gasteiger partial charge in [-0.25, -0.2) is 15.0 Å². The van der Waals surface area contributed by atoms with Crippen molar-refractivity contribution in [3.05, 3.63) is 101 Å². The van der Waals surface area contributed by atoms with Gasteiger partial charge in [-0.05, 0) is 69.0 Å². The fourth-order valence-electron chi connectivity index (χ4n) is 4.57. The largest absolute Gasteiger partial charge is 0.374 e. The third-order valence-corrected chi connectivity index (χ3v) is 6.19. The first-order chi connectivity index (χ1) is 15.9. The van der Waals surface area contributed by atoms with Gasteiger partial charge >= 0.3 is 0 Å². The van der Waals surface area contributed by atoms with E-state index in [0.29, 0.717) is 22.7 Å². The highest BCUT2D eigenvalue weighted by atomic mass is 16.3. The minimum absolute atomic E-state index is 0.445. The molecule has 0 spiro atoms. The Morgan fingerprint density at radius 3 is 2.48 bits per heavy atom. The second-order valence-electron chi connectivity index (χ2n) is 9.02. The highest BCUT2D eigenvalue weighted by molar-refractivity contribution is 5.89. The van der Waals surface area contributed by atoms with Crippen molar-refractivity contribution in [3.8, 4) is 0 Å². The first-order valence-electron chi connectivity index (χ1n) is 11.2. The quantitative estimate of drug-likeness (QED) is 0.401. The van der Waals surface area contributed by atoms with Gasteiger partial charge in [0.15, 0.2) is 5.60 Å². The molecular weight excluding hydrogens is 410 g/mol. The van der Waals surface area contributed by atoms with Crippen molar-refractivity contribution in [2.24, 2.45) is 0 Å². The molecule has 33 heavy (non-hydrogen) atoms. The molecule has 1 unspecified atom stereocenters. The van der Waals surface area contributed by atoms with Crippen molar-refractivity contribution >= 4 is 16.6 Å². The summed E-state index contributed by atoms with van der Waals surface area (Å²) >= 11 is 0. The van der Waals surface area contributed by atoms with Crippen LogP contribution in [0.15, 0.2) is 73.0 Å². The number of rotatable bonds is 6. The second kappa shape index (κ2) is 8.05. The Kier molecular flexibility index (Phi) is 5.17. The first-order valence-corrected chi connectivity index (χ1v) is 11.2. The van der Waals surface area contributed by atoms with E-state index in [-0.39, 0.29) is 0 Å². The van der Waals surface area contributed by atoms with Crippen LogP contribution in [0.25, 0.3) is 16.6 Å². The van der Waals surface area contributed by atoms with Crippen LogP contribution in [0.5, 0.6) is 0 Å². The molecule has 6 nitrogen and oxygen atoms in total. The average molecular weight is 438 g/mol. The minimum Gasteiger partial charge on any atom is -0.374 e. The number of hydrogen-bond donors (Lipinski definition) is 2. The molecule has 0 radical (unpaired) electrons. The summed E-state index contributed by atoms with van der Waals surface area (Å²) in [6.07, 6.45) is 8.66. The standard InChI is InChI=1S/C27H27N5O/c1-16(2)24(17(3)4)19-11-21(25-22(12-19)31-26(32-25)18-8-9-18)27(33,20-13-28-15-29-14-20)23-7-5-6-10-30-23/h5-7,10-15,18,33H,1,8-9H2,2-4H3,(H,31,32). The fraction of sp³-hybridized carbons (Fsp3) is 0.259. The normalized spacial score (nSPS) is 15.3. The SMILES string of the molecule is C=C(C)C(=C(C)C)c1cc(C(O)(c2cncnc2)c2ccccn2)c2nc(C3CC3)[nH]c2c1. The maximum absolute atomic E-state index is 12.4. The Balaban J connectivity index is 1.87. The van der Waals surface area contributed by atoms with E-state index in [1.54, 1.807) is 18.6 Å². The van der Waals surface area contributed by atoms with E-state index in [4.69, 9.17) is 4.98 Å². The number of imidazole rings is 1. The molecule has 6 heteroatoms.